The van der Waals surface area contributed by atoms with E-state index >= 15 is 0 Å². The van der Waals surface area contributed by atoms with Gasteiger partial charge >= 0.3 is 0 Å². The first-order valence-corrected chi connectivity index (χ1v) is 6.63. The standard InChI is InChI=1S/C13H24N2O/c1-10-8-14-9-11(10)15-12(16)13(2)6-4-3-5-7-13/h10-11,14H,3-9H2,1-2H3,(H,15,16). The van der Waals surface area contributed by atoms with E-state index in [0.717, 1.165) is 25.9 Å². The summed E-state index contributed by atoms with van der Waals surface area (Å²) >= 11 is 0. The molecule has 3 nitrogen and oxygen atoms in total. The third-order valence-corrected chi connectivity index (χ3v) is 4.34. The third-order valence-electron chi connectivity index (χ3n) is 4.34. The summed E-state index contributed by atoms with van der Waals surface area (Å²) in [6.45, 7) is 6.30. The third kappa shape index (κ3) is 2.40. The molecule has 1 saturated carbocycles. The van der Waals surface area contributed by atoms with Crippen LogP contribution in [-0.2, 0) is 4.79 Å². The summed E-state index contributed by atoms with van der Waals surface area (Å²) in [6.07, 6.45) is 5.84. The molecule has 2 fully saturated rings. The quantitative estimate of drug-likeness (QED) is 0.749. The van der Waals surface area contributed by atoms with Crippen LogP contribution in [0.4, 0.5) is 0 Å². The van der Waals surface area contributed by atoms with E-state index < -0.39 is 0 Å². The lowest BCUT2D eigenvalue weighted by Gasteiger charge is -2.33. The van der Waals surface area contributed by atoms with Crippen LogP contribution in [-0.4, -0.2) is 25.0 Å². The molecule has 1 heterocycles. The topological polar surface area (TPSA) is 41.1 Å². The molecule has 0 radical (unpaired) electrons. The van der Waals surface area contributed by atoms with Gasteiger partial charge in [0.25, 0.3) is 0 Å². The van der Waals surface area contributed by atoms with Gasteiger partial charge in [-0.25, -0.2) is 0 Å². The highest BCUT2D eigenvalue weighted by atomic mass is 16.2. The van der Waals surface area contributed by atoms with Crippen molar-refractivity contribution in [2.75, 3.05) is 13.1 Å². The highest BCUT2D eigenvalue weighted by molar-refractivity contribution is 5.82. The molecule has 92 valence electrons. The Morgan fingerprint density at radius 2 is 1.94 bits per heavy atom. The van der Waals surface area contributed by atoms with Gasteiger partial charge in [-0.3, -0.25) is 4.79 Å². The van der Waals surface area contributed by atoms with E-state index in [0.29, 0.717) is 12.0 Å². The van der Waals surface area contributed by atoms with Crippen molar-refractivity contribution in [2.24, 2.45) is 11.3 Å². The van der Waals surface area contributed by atoms with E-state index in [4.69, 9.17) is 0 Å². The van der Waals surface area contributed by atoms with Crippen LogP contribution >= 0.6 is 0 Å². The van der Waals surface area contributed by atoms with Crippen LogP contribution in [0.1, 0.15) is 46.0 Å². The van der Waals surface area contributed by atoms with Gasteiger partial charge in [0.15, 0.2) is 0 Å². The second kappa shape index (κ2) is 4.74. The van der Waals surface area contributed by atoms with E-state index in [2.05, 4.69) is 24.5 Å². The molecular weight excluding hydrogens is 200 g/mol. The zero-order valence-electron chi connectivity index (χ0n) is 10.5. The molecule has 1 amide bonds. The molecule has 2 aliphatic rings. The summed E-state index contributed by atoms with van der Waals surface area (Å²) in [5, 5.41) is 6.57. The van der Waals surface area contributed by atoms with Gasteiger partial charge in [0.05, 0.1) is 0 Å². The lowest BCUT2D eigenvalue weighted by molar-refractivity contribution is -0.132. The average Bonchev–Trinajstić information content (AvgIpc) is 2.65. The molecule has 2 unspecified atom stereocenters. The number of hydrogen-bond acceptors (Lipinski definition) is 2. The Morgan fingerprint density at radius 1 is 1.25 bits per heavy atom. The molecule has 16 heavy (non-hydrogen) atoms. The predicted octanol–water partition coefficient (Wildman–Crippen LogP) is 1.68. The van der Waals surface area contributed by atoms with Gasteiger partial charge in [-0.15, -0.1) is 0 Å². The number of nitrogens with one attached hydrogen (secondary N) is 2. The van der Waals surface area contributed by atoms with Crippen molar-refractivity contribution in [3.8, 4) is 0 Å². The van der Waals surface area contributed by atoms with Crippen LogP contribution in [0.15, 0.2) is 0 Å². The Hall–Kier alpha value is -0.570. The molecule has 0 aromatic rings. The molecule has 0 bridgehead atoms. The molecule has 2 atom stereocenters. The summed E-state index contributed by atoms with van der Waals surface area (Å²) in [5.41, 5.74) is -0.0967. The Morgan fingerprint density at radius 3 is 2.50 bits per heavy atom. The lowest BCUT2D eigenvalue weighted by Crippen LogP contribution is -2.47. The smallest absolute Gasteiger partial charge is 0.226 e. The summed E-state index contributed by atoms with van der Waals surface area (Å²) in [5.74, 6) is 0.851. The molecule has 2 rings (SSSR count). The number of hydrogen-bond donors (Lipinski definition) is 2. The van der Waals surface area contributed by atoms with Crippen molar-refractivity contribution in [3.63, 3.8) is 0 Å². The van der Waals surface area contributed by atoms with Crippen molar-refractivity contribution in [1.29, 1.82) is 0 Å². The first kappa shape index (κ1) is 11.9. The maximum atomic E-state index is 12.3. The maximum absolute atomic E-state index is 12.3. The molecule has 1 aliphatic heterocycles. The second-order valence-electron chi connectivity index (χ2n) is 5.84. The van der Waals surface area contributed by atoms with E-state index in [1.54, 1.807) is 0 Å². The molecule has 1 aliphatic carbocycles. The van der Waals surface area contributed by atoms with Crippen LogP contribution < -0.4 is 10.6 Å². The van der Waals surface area contributed by atoms with E-state index in [1.807, 2.05) is 0 Å². The van der Waals surface area contributed by atoms with Crippen LogP contribution in [0, 0.1) is 11.3 Å². The lowest BCUT2D eigenvalue weighted by atomic mass is 9.75. The van der Waals surface area contributed by atoms with E-state index in [1.165, 1.54) is 19.3 Å². The van der Waals surface area contributed by atoms with Gasteiger partial charge in [-0.05, 0) is 25.3 Å². The van der Waals surface area contributed by atoms with Crippen molar-refractivity contribution in [2.45, 2.75) is 52.0 Å². The number of carbonyl (C=O) groups excluding carboxylic acids is 1. The van der Waals surface area contributed by atoms with E-state index in [-0.39, 0.29) is 11.3 Å². The fourth-order valence-electron chi connectivity index (χ4n) is 2.91. The first-order valence-electron chi connectivity index (χ1n) is 6.63. The van der Waals surface area contributed by atoms with Crippen molar-refractivity contribution >= 4 is 5.91 Å². The highest BCUT2D eigenvalue weighted by Gasteiger charge is 2.36. The Bertz CT molecular complexity index is 259. The highest BCUT2D eigenvalue weighted by Crippen LogP contribution is 2.36. The zero-order valence-corrected chi connectivity index (χ0v) is 10.5. The molecule has 1 saturated heterocycles. The zero-order chi connectivity index (χ0) is 11.6. The molecule has 0 aromatic carbocycles. The Kier molecular flexibility index (Phi) is 3.53. The molecule has 0 spiro atoms. The number of rotatable bonds is 2. The summed E-state index contributed by atoms with van der Waals surface area (Å²) < 4.78 is 0. The average molecular weight is 224 g/mol. The van der Waals surface area contributed by atoms with Gasteiger partial charge in [0, 0.05) is 18.0 Å². The predicted molar refractivity (Wildman–Crippen MR) is 65.2 cm³/mol. The SMILES string of the molecule is CC1CNCC1NC(=O)C1(C)CCCCC1. The molecule has 2 N–H and O–H groups in total. The monoisotopic (exact) mass is 224 g/mol. The van der Waals surface area contributed by atoms with Gasteiger partial charge in [-0.1, -0.05) is 33.1 Å². The minimum atomic E-state index is -0.0967. The van der Waals surface area contributed by atoms with Crippen molar-refractivity contribution in [3.05, 3.63) is 0 Å². The normalized spacial score (nSPS) is 33.6. The summed E-state index contributed by atoms with van der Waals surface area (Å²) in [4.78, 5) is 12.3. The molecule has 3 heteroatoms. The van der Waals surface area contributed by atoms with Gasteiger partial charge < -0.3 is 10.6 Å². The van der Waals surface area contributed by atoms with Gasteiger partial charge in [-0.2, -0.15) is 0 Å². The van der Waals surface area contributed by atoms with Crippen LogP contribution in [0.5, 0.6) is 0 Å². The second-order valence-corrected chi connectivity index (χ2v) is 5.84. The van der Waals surface area contributed by atoms with Gasteiger partial charge in [0.1, 0.15) is 0 Å². The minimum absolute atomic E-state index is 0.0967. The fraction of sp³-hybridized carbons (Fsp3) is 0.923. The number of amides is 1. The van der Waals surface area contributed by atoms with E-state index in [9.17, 15) is 4.79 Å². The summed E-state index contributed by atoms with van der Waals surface area (Å²) in [7, 11) is 0. The van der Waals surface area contributed by atoms with Gasteiger partial charge in [0.2, 0.25) is 5.91 Å². The number of carbonyl (C=O) groups is 1. The largest absolute Gasteiger partial charge is 0.351 e. The Balaban J connectivity index is 1.91. The fourth-order valence-corrected chi connectivity index (χ4v) is 2.91. The minimum Gasteiger partial charge on any atom is -0.351 e. The van der Waals surface area contributed by atoms with Crippen molar-refractivity contribution < 1.29 is 4.79 Å². The maximum Gasteiger partial charge on any atom is 0.226 e. The molecule has 0 aromatic heterocycles. The van der Waals surface area contributed by atoms with Crippen LogP contribution in [0.25, 0.3) is 0 Å². The van der Waals surface area contributed by atoms with Crippen molar-refractivity contribution in [1.82, 2.24) is 10.6 Å². The Labute approximate surface area is 98.4 Å². The van der Waals surface area contributed by atoms with Crippen LogP contribution in [0.2, 0.25) is 0 Å². The van der Waals surface area contributed by atoms with Crippen LogP contribution in [0.3, 0.4) is 0 Å². The molecular formula is C13H24N2O. The summed E-state index contributed by atoms with van der Waals surface area (Å²) in [6, 6.07) is 0.339. The first-order chi connectivity index (χ1) is 7.62.